The van der Waals surface area contributed by atoms with Crippen LogP contribution in [0.5, 0.6) is 0 Å². The average Bonchev–Trinajstić information content (AvgIpc) is 3.30. The van der Waals surface area contributed by atoms with Crippen LogP contribution in [0, 0.1) is 0 Å². The van der Waals surface area contributed by atoms with Crippen LogP contribution in [0.25, 0.3) is 33.2 Å². The summed E-state index contributed by atoms with van der Waals surface area (Å²) in [6.45, 7) is 1.14. The van der Waals surface area contributed by atoms with Crippen molar-refractivity contribution >= 4 is 27.6 Å². The molecule has 0 amide bonds. The maximum absolute atomic E-state index is 5.89. The second-order valence-corrected chi connectivity index (χ2v) is 7.02. The van der Waals surface area contributed by atoms with Crippen LogP contribution in [-0.2, 0) is 0 Å². The van der Waals surface area contributed by atoms with E-state index < -0.39 is 0 Å². The van der Waals surface area contributed by atoms with E-state index in [0.29, 0.717) is 6.04 Å². The predicted octanol–water partition coefficient (Wildman–Crippen LogP) is 4.06. The number of nitrogens with two attached hydrogens (primary N) is 1. The van der Waals surface area contributed by atoms with Crippen LogP contribution >= 0.6 is 0 Å². The van der Waals surface area contributed by atoms with Crippen LogP contribution in [-0.4, -0.2) is 33.4 Å². The highest BCUT2D eigenvalue weighted by Crippen LogP contribution is 2.31. The fourth-order valence-electron chi connectivity index (χ4n) is 3.92. The number of anilines is 1. The lowest BCUT2D eigenvalue weighted by Crippen LogP contribution is -2.18. The largest absolute Gasteiger partial charge is 0.399 e. The summed E-state index contributed by atoms with van der Waals surface area (Å²) < 4.78 is 0. The summed E-state index contributed by atoms with van der Waals surface area (Å²) in [5.74, 6) is 1.08. The number of aromatic amines is 2. The number of nitrogens with one attached hydrogen (secondary N) is 2. The zero-order valence-electron chi connectivity index (χ0n) is 14.2. The van der Waals surface area contributed by atoms with Gasteiger partial charge in [-0.3, -0.25) is 4.90 Å². The lowest BCUT2D eigenvalue weighted by atomic mass is 10.1. The number of aromatic nitrogens is 3. The first-order valence-electron chi connectivity index (χ1n) is 8.76. The molecule has 4 aromatic rings. The second kappa shape index (κ2) is 5.36. The summed E-state index contributed by atoms with van der Waals surface area (Å²) >= 11 is 0. The summed E-state index contributed by atoms with van der Waals surface area (Å²) in [6.07, 6.45) is 2.41. The van der Waals surface area contributed by atoms with Crippen molar-refractivity contribution in [3.8, 4) is 11.3 Å². The maximum atomic E-state index is 5.89. The monoisotopic (exact) mass is 331 g/mol. The molecule has 1 atom stereocenters. The third kappa shape index (κ3) is 2.39. The molecule has 2 aromatic carbocycles. The molecule has 126 valence electrons. The number of benzene rings is 2. The molecule has 0 saturated carbocycles. The third-order valence-corrected chi connectivity index (χ3v) is 5.29. The van der Waals surface area contributed by atoms with Gasteiger partial charge in [-0.25, -0.2) is 4.98 Å². The van der Waals surface area contributed by atoms with Crippen molar-refractivity contribution < 1.29 is 0 Å². The molecule has 1 aliphatic rings. The zero-order valence-corrected chi connectivity index (χ0v) is 14.2. The Hall–Kier alpha value is -2.79. The number of hydrogen-bond donors (Lipinski definition) is 3. The Kier molecular flexibility index (Phi) is 3.12. The number of H-pyrrole nitrogens is 2. The van der Waals surface area contributed by atoms with Crippen molar-refractivity contribution in [1.82, 2.24) is 19.9 Å². The van der Waals surface area contributed by atoms with Gasteiger partial charge in [-0.15, -0.1) is 0 Å². The molecule has 1 fully saturated rings. The van der Waals surface area contributed by atoms with Crippen LogP contribution in [0.2, 0.25) is 0 Å². The Morgan fingerprint density at radius 3 is 2.84 bits per heavy atom. The molecule has 25 heavy (non-hydrogen) atoms. The fraction of sp³-hybridized carbons (Fsp3) is 0.250. The van der Waals surface area contributed by atoms with Crippen molar-refractivity contribution in [1.29, 1.82) is 0 Å². The molecular weight excluding hydrogens is 310 g/mol. The molecule has 2 aromatic heterocycles. The first-order valence-corrected chi connectivity index (χ1v) is 8.76. The van der Waals surface area contributed by atoms with E-state index in [2.05, 4.69) is 46.2 Å². The van der Waals surface area contributed by atoms with Crippen LogP contribution < -0.4 is 5.73 Å². The van der Waals surface area contributed by atoms with Gasteiger partial charge < -0.3 is 15.7 Å². The SMILES string of the molecule is CN1CCCC1c1nc2ccc(-c3cc4cc(N)ccc4[nH]3)cc2[nH]1. The topological polar surface area (TPSA) is 73.7 Å². The van der Waals surface area contributed by atoms with Gasteiger partial charge in [-0.1, -0.05) is 6.07 Å². The number of rotatable bonds is 2. The molecule has 1 saturated heterocycles. The summed E-state index contributed by atoms with van der Waals surface area (Å²) in [5, 5.41) is 1.13. The van der Waals surface area contributed by atoms with Gasteiger partial charge in [0.25, 0.3) is 0 Å². The Morgan fingerprint density at radius 1 is 1.08 bits per heavy atom. The Labute approximate surface area is 145 Å². The van der Waals surface area contributed by atoms with E-state index in [1.54, 1.807) is 0 Å². The minimum atomic E-state index is 0.409. The van der Waals surface area contributed by atoms with Gasteiger partial charge in [0.1, 0.15) is 5.82 Å². The van der Waals surface area contributed by atoms with Crippen molar-refractivity contribution in [2.24, 2.45) is 0 Å². The first-order chi connectivity index (χ1) is 12.2. The normalized spacial score (nSPS) is 18.5. The average molecular weight is 331 g/mol. The minimum Gasteiger partial charge on any atom is -0.399 e. The van der Waals surface area contributed by atoms with Crippen molar-refractivity contribution in [3.63, 3.8) is 0 Å². The number of imidazole rings is 1. The van der Waals surface area contributed by atoms with E-state index in [-0.39, 0.29) is 0 Å². The van der Waals surface area contributed by atoms with E-state index in [9.17, 15) is 0 Å². The quantitative estimate of drug-likeness (QED) is 0.485. The first kappa shape index (κ1) is 14.5. The van der Waals surface area contributed by atoms with Gasteiger partial charge in [0.15, 0.2) is 0 Å². The molecule has 0 aliphatic carbocycles. The lowest BCUT2D eigenvalue weighted by molar-refractivity contribution is 0.307. The fourth-order valence-corrected chi connectivity index (χ4v) is 3.92. The number of fused-ring (bicyclic) bond motifs is 2. The molecule has 0 bridgehead atoms. The van der Waals surface area contributed by atoms with Crippen molar-refractivity contribution in [2.75, 3.05) is 19.3 Å². The molecule has 3 heterocycles. The van der Waals surface area contributed by atoms with E-state index in [1.807, 2.05) is 18.2 Å². The smallest absolute Gasteiger partial charge is 0.124 e. The number of hydrogen-bond acceptors (Lipinski definition) is 3. The minimum absolute atomic E-state index is 0.409. The molecule has 0 spiro atoms. The van der Waals surface area contributed by atoms with E-state index >= 15 is 0 Å². The van der Waals surface area contributed by atoms with Gasteiger partial charge in [0.05, 0.1) is 17.1 Å². The Bertz CT molecular complexity index is 1070. The number of nitrogen functional groups attached to an aromatic ring is 1. The van der Waals surface area contributed by atoms with E-state index in [4.69, 9.17) is 10.7 Å². The van der Waals surface area contributed by atoms with Crippen LogP contribution in [0.3, 0.4) is 0 Å². The van der Waals surface area contributed by atoms with E-state index in [0.717, 1.165) is 51.3 Å². The van der Waals surface area contributed by atoms with Crippen molar-refractivity contribution in [2.45, 2.75) is 18.9 Å². The van der Waals surface area contributed by atoms with Gasteiger partial charge in [0.2, 0.25) is 0 Å². The highest BCUT2D eigenvalue weighted by molar-refractivity contribution is 5.90. The van der Waals surface area contributed by atoms with Crippen LogP contribution in [0.4, 0.5) is 5.69 Å². The van der Waals surface area contributed by atoms with Gasteiger partial charge >= 0.3 is 0 Å². The molecule has 5 rings (SSSR count). The molecule has 4 N–H and O–H groups in total. The van der Waals surface area contributed by atoms with Gasteiger partial charge in [-0.05, 0) is 62.8 Å². The molecular formula is C20H21N5. The maximum Gasteiger partial charge on any atom is 0.124 e. The van der Waals surface area contributed by atoms with Gasteiger partial charge in [0, 0.05) is 27.8 Å². The highest BCUT2D eigenvalue weighted by atomic mass is 15.2. The zero-order chi connectivity index (χ0) is 17.0. The molecule has 5 heteroatoms. The molecule has 1 unspecified atom stereocenters. The standard InChI is InChI=1S/C20H21N5/c1-25-8-2-3-19(25)20-23-16-6-4-12(10-18(16)24-20)17-11-13-9-14(21)5-7-15(13)22-17/h4-7,9-11,19,22H,2-3,8,21H2,1H3,(H,23,24). The van der Waals surface area contributed by atoms with Crippen molar-refractivity contribution in [3.05, 3.63) is 48.3 Å². The van der Waals surface area contributed by atoms with Crippen LogP contribution in [0.1, 0.15) is 24.7 Å². The third-order valence-electron chi connectivity index (χ3n) is 5.29. The molecule has 0 radical (unpaired) electrons. The van der Waals surface area contributed by atoms with Gasteiger partial charge in [-0.2, -0.15) is 0 Å². The predicted molar refractivity (Wildman–Crippen MR) is 102 cm³/mol. The number of likely N-dealkylation sites (tertiary alicyclic amines) is 1. The highest BCUT2D eigenvalue weighted by Gasteiger charge is 2.25. The summed E-state index contributed by atoms with van der Waals surface area (Å²) in [5.41, 5.74) is 12.1. The van der Waals surface area contributed by atoms with E-state index in [1.165, 1.54) is 12.8 Å². The Balaban J connectivity index is 1.57. The molecule has 5 nitrogen and oxygen atoms in total. The molecule has 1 aliphatic heterocycles. The summed E-state index contributed by atoms with van der Waals surface area (Å²) in [4.78, 5) is 14.2. The lowest BCUT2D eigenvalue weighted by Gasteiger charge is -2.16. The summed E-state index contributed by atoms with van der Waals surface area (Å²) in [6, 6.07) is 14.9. The Morgan fingerprint density at radius 2 is 2.00 bits per heavy atom. The summed E-state index contributed by atoms with van der Waals surface area (Å²) in [7, 11) is 2.17. The van der Waals surface area contributed by atoms with Crippen LogP contribution in [0.15, 0.2) is 42.5 Å². The number of nitrogens with zero attached hydrogens (tertiary/aromatic N) is 2. The second-order valence-electron chi connectivity index (χ2n) is 7.02.